The summed E-state index contributed by atoms with van der Waals surface area (Å²) in [5.74, 6) is 0. The summed E-state index contributed by atoms with van der Waals surface area (Å²) in [6, 6.07) is 12.3. The molecule has 4 rings (SSSR count). The Morgan fingerprint density at radius 2 is 0.879 bits per heavy atom. The zero-order valence-corrected chi connectivity index (χ0v) is 27.9. The van der Waals surface area contributed by atoms with Crippen molar-refractivity contribution in [3.8, 4) is 0 Å². The maximum Gasteiger partial charge on any atom is 4.00 e. The first kappa shape index (κ1) is 37.3. The molecule has 0 atom stereocenters. The third kappa shape index (κ3) is 16.2. The van der Waals surface area contributed by atoms with Crippen LogP contribution in [0.5, 0.6) is 0 Å². The molecule has 0 unspecified atom stereocenters. The first-order valence-electron chi connectivity index (χ1n) is 11.0. The van der Waals surface area contributed by atoms with E-state index in [1.165, 1.54) is 47.9 Å². The van der Waals surface area contributed by atoms with Crippen molar-refractivity contribution in [3.63, 3.8) is 0 Å². The number of halogens is 2. The van der Waals surface area contributed by atoms with Gasteiger partial charge in [0, 0.05) is 26.4 Å². The van der Waals surface area contributed by atoms with Gasteiger partial charge in [-0.15, -0.1) is 25.5 Å². The van der Waals surface area contributed by atoms with Crippen molar-refractivity contribution in [3.05, 3.63) is 69.3 Å². The van der Waals surface area contributed by atoms with E-state index < -0.39 is 0 Å². The van der Waals surface area contributed by atoms with Crippen molar-refractivity contribution in [2.45, 2.75) is 53.4 Å². The Hall–Kier alpha value is -0.210. The third-order valence-corrected chi connectivity index (χ3v) is 5.29. The van der Waals surface area contributed by atoms with Crippen molar-refractivity contribution in [1.82, 2.24) is 0 Å². The van der Waals surface area contributed by atoms with Gasteiger partial charge in [0.1, 0.15) is 0 Å². The molecular weight excluding hydrogens is 711 g/mol. The first-order chi connectivity index (χ1) is 14.5. The average Bonchev–Trinajstić information content (AvgIpc) is 3.52. The van der Waals surface area contributed by atoms with Crippen LogP contribution in [0.3, 0.4) is 0 Å². The largest absolute Gasteiger partial charge is 4.00 e. The molecule has 2 aromatic carbocycles. The second-order valence-electron chi connectivity index (χ2n) is 7.52. The quantitative estimate of drug-likeness (QED) is 0.438. The molecule has 0 radical (unpaired) electrons. The number of rotatable bonds is 2. The molecule has 7 heteroatoms. The predicted octanol–water partition coefficient (Wildman–Crippen LogP) is 1.48. The summed E-state index contributed by atoms with van der Waals surface area (Å²) >= 11 is 0. The van der Waals surface area contributed by atoms with Gasteiger partial charge < -0.3 is 54.1 Å². The number of hydrogen-bond donors (Lipinski definition) is 0. The topological polar surface area (TPSA) is 46.7 Å². The van der Waals surface area contributed by atoms with Gasteiger partial charge in [0.15, 0.2) is 0 Å². The molecule has 2 heterocycles. The third-order valence-electron chi connectivity index (χ3n) is 5.29. The summed E-state index contributed by atoms with van der Waals surface area (Å²) in [4.78, 5) is 0. The summed E-state index contributed by atoms with van der Waals surface area (Å²) in [6.07, 6.45) is 5.11. The summed E-state index contributed by atoms with van der Waals surface area (Å²) in [7, 11) is 3.64. The molecule has 33 heavy (non-hydrogen) atoms. The van der Waals surface area contributed by atoms with Gasteiger partial charge in [-0.05, 0) is 64.5 Å². The maximum absolute atomic E-state index is 4.94. The molecule has 0 aromatic heterocycles. The van der Waals surface area contributed by atoms with Crippen LogP contribution in [-0.2, 0) is 35.3 Å². The molecule has 0 amide bonds. The number of benzene rings is 2. The standard InChI is InChI=1S/2C9H12N.2C4H8O.2BrH.Hf/c2*1-7-5-4-6-9(10-3)8(7)2;2*1-2-4-5-3-1;;;/h2*4-6H,1-3H3;2*1-4H2;2*1H;/q2*-1;;;;;+4/p-2. The van der Waals surface area contributed by atoms with Crippen molar-refractivity contribution < 1.29 is 69.3 Å². The molecule has 0 saturated carbocycles. The van der Waals surface area contributed by atoms with Crippen molar-refractivity contribution in [2.24, 2.45) is 0 Å². The Bertz CT molecular complexity index is 649. The van der Waals surface area contributed by atoms with Gasteiger partial charge in [-0.25, -0.2) is 0 Å². The number of hydrogen-bond acceptors (Lipinski definition) is 2. The van der Waals surface area contributed by atoms with Crippen LogP contribution in [0.15, 0.2) is 36.4 Å². The van der Waals surface area contributed by atoms with Crippen LogP contribution in [0.1, 0.15) is 47.9 Å². The molecule has 184 valence electrons. The van der Waals surface area contributed by atoms with Crippen LogP contribution in [0.25, 0.3) is 10.6 Å². The Balaban J connectivity index is -0.000000368. The fourth-order valence-electron chi connectivity index (χ4n) is 2.98. The SMILES string of the molecule is C1CCOC1.C1CCOC1.C[N-]c1cccc(C)c1C.C[N-]c1cccc(C)c1C.[Br-].[Br-].[Hf+4]. The van der Waals surface area contributed by atoms with E-state index in [1.54, 1.807) is 0 Å². The first-order valence-corrected chi connectivity index (χ1v) is 11.0. The maximum atomic E-state index is 4.94. The van der Waals surface area contributed by atoms with E-state index in [4.69, 9.17) is 9.47 Å². The van der Waals surface area contributed by atoms with Crippen LogP contribution in [0, 0.1) is 27.7 Å². The fourth-order valence-corrected chi connectivity index (χ4v) is 2.98. The minimum absolute atomic E-state index is 0. The normalized spacial score (nSPS) is 13.0. The van der Waals surface area contributed by atoms with Gasteiger partial charge in [-0.2, -0.15) is 0 Å². The van der Waals surface area contributed by atoms with E-state index in [0.29, 0.717) is 0 Å². The molecule has 2 aromatic rings. The molecule has 0 bridgehead atoms. The van der Waals surface area contributed by atoms with Crippen LogP contribution < -0.4 is 34.0 Å². The minimum Gasteiger partial charge on any atom is -1.00 e. The van der Waals surface area contributed by atoms with E-state index in [9.17, 15) is 0 Å². The van der Waals surface area contributed by atoms with Gasteiger partial charge in [0.25, 0.3) is 0 Å². The second-order valence-corrected chi connectivity index (χ2v) is 7.52. The summed E-state index contributed by atoms with van der Waals surface area (Å²) in [5, 5.41) is 8.26. The Kier molecular flexibility index (Phi) is 26.6. The van der Waals surface area contributed by atoms with Crippen LogP contribution in [-0.4, -0.2) is 40.5 Å². The molecule has 2 fully saturated rings. The monoisotopic (exact) mass is 750 g/mol. The Morgan fingerprint density at radius 3 is 1.06 bits per heavy atom. The molecule has 2 aliphatic rings. The summed E-state index contributed by atoms with van der Waals surface area (Å²) < 4.78 is 9.89. The minimum atomic E-state index is 0. The molecule has 4 nitrogen and oxygen atoms in total. The van der Waals surface area contributed by atoms with Crippen LogP contribution in [0.4, 0.5) is 11.4 Å². The van der Waals surface area contributed by atoms with Gasteiger partial charge in [-0.3, -0.25) is 0 Å². The van der Waals surface area contributed by atoms with Gasteiger partial charge in [0.2, 0.25) is 0 Å². The van der Waals surface area contributed by atoms with Gasteiger partial charge in [0.05, 0.1) is 0 Å². The number of aryl methyl sites for hydroxylation is 2. The Labute approximate surface area is 242 Å². The van der Waals surface area contributed by atoms with Crippen molar-refractivity contribution in [1.29, 1.82) is 0 Å². The molecule has 0 N–H and O–H groups in total. The zero-order chi connectivity index (χ0) is 22.2. The van der Waals surface area contributed by atoms with E-state index in [0.717, 1.165) is 37.8 Å². The van der Waals surface area contributed by atoms with Gasteiger partial charge in [-0.1, -0.05) is 47.5 Å². The van der Waals surface area contributed by atoms with Crippen molar-refractivity contribution >= 4 is 11.4 Å². The molecular formula is C26H40Br2HfN2O2. The zero-order valence-electron chi connectivity index (χ0n) is 21.1. The summed E-state index contributed by atoms with van der Waals surface area (Å²) in [6.45, 7) is 12.4. The van der Waals surface area contributed by atoms with Crippen LogP contribution in [0.2, 0.25) is 0 Å². The summed E-state index contributed by atoms with van der Waals surface area (Å²) in [5.41, 5.74) is 7.38. The van der Waals surface area contributed by atoms with Crippen LogP contribution >= 0.6 is 0 Å². The number of nitrogens with zero attached hydrogens (tertiary/aromatic N) is 2. The van der Waals surface area contributed by atoms with E-state index in [-0.39, 0.29) is 59.8 Å². The number of ether oxygens (including phenoxy) is 2. The smallest absolute Gasteiger partial charge is 1.00 e. The van der Waals surface area contributed by atoms with Gasteiger partial charge >= 0.3 is 25.8 Å². The molecule has 0 spiro atoms. The Morgan fingerprint density at radius 1 is 0.576 bits per heavy atom. The fraction of sp³-hybridized carbons (Fsp3) is 0.538. The molecule has 2 aliphatic heterocycles. The molecule has 2 saturated heterocycles. The van der Waals surface area contributed by atoms with E-state index in [2.05, 4.69) is 50.5 Å². The predicted molar refractivity (Wildman–Crippen MR) is 130 cm³/mol. The van der Waals surface area contributed by atoms with E-state index >= 15 is 0 Å². The second kappa shape index (κ2) is 23.5. The average molecular weight is 751 g/mol. The van der Waals surface area contributed by atoms with Crippen molar-refractivity contribution in [2.75, 3.05) is 40.5 Å². The van der Waals surface area contributed by atoms with E-state index in [1.807, 2.05) is 38.4 Å². The molecule has 0 aliphatic carbocycles.